The Morgan fingerprint density at radius 3 is 2.69 bits per heavy atom. The van der Waals surface area contributed by atoms with E-state index in [1.807, 2.05) is 32.1 Å². The van der Waals surface area contributed by atoms with Crippen LogP contribution in [-0.4, -0.2) is 53.6 Å². The summed E-state index contributed by atoms with van der Waals surface area (Å²) in [5.74, 6) is 0.366. The maximum atomic E-state index is 13.4. The van der Waals surface area contributed by atoms with Crippen LogP contribution in [-0.2, 0) is 11.3 Å². The highest BCUT2D eigenvalue weighted by molar-refractivity contribution is 7.11. The molecule has 1 aliphatic heterocycles. The normalized spacial score (nSPS) is 17.4. The highest BCUT2D eigenvalue weighted by Crippen LogP contribution is 2.32. The zero-order chi connectivity index (χ0) is 20.4. The summed E-state index contributed by atoms with van der Waals surface area (Å²) in [5.41, 5.74) is 2.59. The van der Waals surface area contributed by atoms with Gasteiger partial charge in [0.15, 0.2) is 0 Å². The molecule has 1 aliphatic rings. The van der Waals surface area contributed by atoms with Crippen LogP contribution in [0.3, 0.4) is 0 Å². The number of hydrogen-bond donors (Lipinski definition) is 0. The fraction of sp³-hybridized carbons (Fsp3) is 0.381. The van der Waals surface area contributed by atoms with E-state index in [1.54, 1.807) is 29.7 Å². The number of hydrogen-bond acceptors (Lipinski definition) is 7. The highest BCUT2D eigenvalue weighted by Gasteiger charge is 2.27. The Hall–Kier alpha value is -2.42. The van der Waals surface area contributed by atoms with Crippen molar-refractivity contribution in [1.29, 1.82) is 0 Å². The summed E-state index contributed by atoms with van der Waals surface area (Å²) >= 11 is 1.72. The van der Waals surface area contributed by atoms with Gasteiger partial charge in [0.05, 0.1) is 17.3 Å². The molecule has 0 radical (unpaired) electrons. The minimum absolute atomic E-state index is 0.181. The lowest BCUT2D eigenvalue weighted by molar-refractivity contribution is -0.0344. The third-order valence-corrected chi connectivity index (χ3v) is 5.76. The monoisotopic (exact) mass is 413 g/mol. The van der Waals surface area contributed by atoms with Crippen LogP contribution in [0.2, 0.25) is 0 Å². The van der Waals surface area contributed by atoms with Crippen molar-refractivity contribution >= 4 is 17.3 Å². The molecule has 0 unspecified atom stereocenters. The molecule has 8 heteroatoms. The minimum atomic E-state index is -0.263. The molecule has 3 aromatic rings. The summed E-state index contributed by atoms with van der Waals surface area (Å²) in [6.45, 7) is 5.10. The molecular formula is C21H24FN5OS. The van der Waals surface area contributed by atoms with Gasteiger partial charge in [-0.05, 0) is 24.6 Å². The third-order valence-electron chi connectivity index (χ3n) is 4.86. The molecule has 152 valence electrons. The lowest BCUT2D eigenvalue weighted by Crippen LogP contribution is -2.38. The van der Waals surface area contributed by atoms with Crippen LogP contribution in [0.25, 0.3) is 11.1 Å². The number of anilines is 1. The minimum Gasteiger partial charge on any atom is -0.369 e. The largest absolute Gasteiger partial charge is 0.369 e. The van der Waals surface area contributed by atoms with Crippen LogP contribution in [0.4, 0.5) is 10.3 Å². The van der Waals surface area contributed by atoms with Gasteiger partial charge in [0.1, 0.15) is 11.9 Å². The first-order chi connectivity index (χ1) is 14.0. The number of rotatable bonds is 5. The molecule has 2 aromatic heterocycles. The number of nitrogens with zero attached hydrogens (tertiary/aromatic N) is 5. The highest BCUT2D eigenvalue weighted by atomic mass is 32.1. The van der Waals surface area contributed by atoms with E-state index in [1.165, 1.54) is 17.0 Å². The zero-order valence-corrected chi connectivity index (χ0v) is 17.6. The first kappa shape index (κ1) is 19.9. The van der Waals surface area contributed by atoms with Crippen LogP contribution >= 0.6 is 11.3 Å². The van der Waals surface area contributed by atoms with Crippen molar-refractivity contribution in [3.63, 3.8) is 0 Å². The van der Waals surface area contributed by atoms with Crippen molar-refractivity contribution in [3.8, 4) is 11.1 Å². The zero-order valence-electron chi connectivity index (χ0n) is 16.8. The van der Waals surface area contributed by atoms with Crippen molar-refractivity contribution in [2.75, 3.05) is 38.7 Å². The molecule has 1 saturated heterocycles. The molecule has 0 spiro atoms. The molecule has 29 heavy (non-hydrogen) atoms. The smallest absolute Gasteiger partial charge is 0.225 e. The molecule has 0 aliphatic carbocycles. The van der Waals surface area contributed by atoms with E-state index in [0.29, 0.717) is 12.6 Å². The molecular weight excluding hydrogens is 389 g/mol. The molecule has 6 nitrogen and oxygen atoms in total. The molecule has 4 rings (SSSR count). The van der Waals surface area contributed by atoms with Gasteiger partial charge in [-0.15, -0.1) is 11.3 Å². The lowest BCUT2D eigenvalue weighted by Gasteiger charge is -2.33. The second-order valence-corrected chi connectivity index (χ2v) is 8.63. The Morgan fingerprint density at radius 2 is 2.00 bits per heavy atom. The molecule has 1 fully saturated rings. The third kappa shape index (κ3) is 4.60. The van der Waals surface area contributed by atoms with E-state index >= 15 is 0 Å². The van der Waals surface area contributed by atoms with Crippen molar-refractivity contribution in [2.24, 2.45) is 0 Å². The van der Waals surface area contributed by atoms with Crippen LogP contribution < -0.4 is 4.90 Å². The lowest BCUT2D eigenvalue weighted by atomic mass is 10.0. The van der Waals surface area contributed by atoms with E-state index in [0.717, 1.165) is 41.5 Å². The van der Waals surface area contributed by atoms with E-state index < -0.39 is 0 Å². The van der Waals surface area contributed by atoms with Gasteiger partial charge in [-0.25, -0.2) is 19.3 Å². The average molecular weight is 414 g/mol. The predicted molar refractivity (Wildman–Crippen MR) is 113 cm³/mol. The summed E-state index contributed by atoms with van der Waals surface area (Å²) in [7, 11) is 3.83. The molecule has 0 saturated carbocycles. The molecule has 1 atom stereocenters. The van der Waals surface area contributed by atoms with Crippen molar-refractivity contribution in [1.82, 2.24) is 19.9 Å². The van der Waals surface area contributed by atoms with Gasteiger partial charge in [-0.1, -0.05) is 12.1 Å². The average Bonchev–Trinajstić information content (AvgIpc) is 3.13. The fourth-order valence-electron chi connectivity index (χ4n) is 3.41. The maximum absolute atomic E-state index is 13.4. The number of morpholine rings is 1. The van der Waals surface area contributed by atoms with Crippen LogP contribution in [0.15, 0.2) is 36.7 Å². The number of halogens is 1. The standard InChI is InChI=1S/C21H24FN5OS/c1-14-23-10-17(29-14)12-27-8-9-28-19(13-27)20-18(11-24-21(25-20)26(2)3)15-4-6-16(22)7-5-15/h4-7,10-11,19H,8-9,12-13H2,1-3H3/t19-/m0/s1. The van der Waals surface area contributed by atoms with E-state index in [9.17, 15) is 4.39 Å². The van der Waals surface area contributed by atoms with Crippen molar-refractivity contribution < 1.29 is 9.13 Å². The summed E-state index contributed by atoms with van der Waals surface area (Å²) < 4.78 is 19.5. The summed E-state index contributed by atoms with van der Waals surface area (Å²) in [5, 5.41) is 1.08. The molecule has 0 bridgehead atoms. The summed E-state index contributed by atoms with van der Waals surface area (Å²) in [6, 6.07) is 6.43. The molecule has 0 amide bonds. The number of ether oxygens (including phenoxy) is 1. The second kappa shape index (κ2) is 8.52. The van der Waals surface area contributed by atoms with Gasteiger partial charge in [-0.2, -0.15) is 0 Å². The Kier molecular flexibility index (Phi) is 5.84. The number of aromatic nitrogens is 3. The van der Waals surface area contributed by atoms with E-state index in [-0.39, 0.29) is 11.9 Å². The second-order valence-electron chi connectivity index (χ2n) is 7.31. The van der Waals surface area contributed by atoms with Crippen molar-refractivity contribution in [3.05, 3.63) is 58.1 Å². The molecule has 0 N–H and O–H groups in total. The maximum Gasteiger partial charge on any atom is 0.225 e. The predicted octanol–water partition coefficient (Wildman–Crippen LogP) is 3.69. The Bertz CT molecular complexity index is 975. The van der Waals surface area contributed by atoms with Crippen LogP contribution in [0.5, 0.6) is 0 Å². The Labute approximate surface area is 174 Å². The Morgan fingerprint density at radius 1 is 1.21 bits per heavy atom. The van der Waals surface area contributed by atoms with Gasteiger partial charge in [0.2, 0.25) is 5.95 Å². The topological polar surface area (TPSA) is 54.4 Å². The number of aryl methyl sites for hydroxylation is 1. The summed E-state index contributed by atoms with van der Waals surface area (Å²) in [6.07, 6.45) is 3.57. The SMILES string of the molecule is Cc1ncc(CN2CCO[C@H](c3nc(N(C)C)ncc3-c3ccc(F)cc3)C2)s1. The van der Waals surface area contributed by atoms with Crippen LogP contribution in [0, 0.1) is 12.7 Å². The first-order valence-corrected chi connectivity index (χ1v) is 10.4. The number of benzene rings is 1. The van der Waals surface area contributed by atoms with Gasteiger partial charge >= 0.3 is 0 Å². The van der Waals surface area contributed by atoms with Crippen LogP contribution in [0.1, 0.15) is 21.7 Å². The van der Waals surface area contributed by atoms with Crippen molar-refractivity contribution in [2.45, 2.75) is 19.6 Å². The fourth-order valence-corrected chi connectivity index (χ4v) is 4.25. The Balaban J connectivity index is 1.64. The first-order valence-electron chi connectivity index (χ1n) is 9.55. The van der Waals surface area contributed by atoms with Gasteiger partial charge in [0, 0.05) is 56.6 Å². The number of thiazole rings is 1. The molecule has 1 aromatic carbocycles. The van der Waals surface area contributed by atoms with Gasteiger partial charge < -0.3 is 9.64 Å². The van der Waals surface area contributed by atoms with Gasteiger partial charge in [-0.3, -0.25) is 4.90 Å². The van der Waals surface area contributed by atoms with Gasteiger partial charge in [0.25, 0.3) is 0 Å². The van der Waals surface area contributed by atoms with E-state index in [4.69, 9.17) is 9.72 Å². The summed E-state index contributed by atoms with van der Waals surface area (Å²) in [4.78, 5) is 19.1. The molecule has 3 heterocycles. The van der Waals surface area contributed by atoms with E-state index in [2.05, 4.69) is 14.9 Å². The quantitative estimate of drug-likeness (QED) is 0.636.